The standard InChI is InChI=1S/C12H17N3O/c13-10-4-3-8-6-15(7-9(8)10)12(16)11-2-1-5-14-11/h1-2,5,8-10,14H,3-4,6-7,13H2. The van der Waals surface area contributed by atoms with Gasteiger partial charge in [0.2, 0.25) is 0 Å². The van der Waals surface area contributed by atoms with Crippen LogP contribution in [0.2, 0.25) is 0 Å². The van der Waals surface area contributed by atoms with E-state index in [1.807, 2.05) is 17.0 Å². The van der Waals surface area contributed by atoms with Crippen LogP contribution in [0.25, 0.3) is 0 Å². The summed E-state index contributed by atoms with van der Waals surface area (Å²) >= 11 is 0. The first-order valence-electron chi connectivity index (χ1n) is 5.94. The molecule has 0 aromatic carbocycles. The quantitative estimate of drug-likeness (QED) is 0.734. The molecule has 0 bridgehead atoms. The minimum Gasteiger partial charge on any atom is -0.357 e. The lowest BCUT2D eigenvalue weighted by Crippen LogP contribution is -2.33. The van der Waals surface area contributed by atoms with Crippen LogP contribution in [0.3, 0.4) is 0 Å². The van der Waals surface area contributed by atoms with Crippen LogP contribution in [0.15, 0.2) is 18.3 Å². The van der Waals surface area contributed by atoms with Crippen LogP contribution in [-0.2, 0) is 0 Å². The first-order valence-corrected chi connectivity index (χ1v) is 5.94. The summed E-state index contributed by atoms with van der Waals surface area (Å²) in [4.78, 5) is 17.0. The molecule has 0 radical (unpaired) electrons. The van der Waals surface area contributed by atoms with E-state index in [9.17, 15) is 4.79 Å². The number of likely N-dealkylation sites (tertiary alicyclic amines) is 1. The summed E-state index contributed by atoms with van der Waals surface area (Å²) in [5.74, 6) is 1.28. The molecule has 2 fully saturated rings. The zero-order valence-electron chi connectivity index (χ0n) is 9.23. The second-order valence-corrected chi connectivity index (χ2v) is 4.96. The molecule has 86 valence electrons. The van der Waals surface area contributed by atoms with Crippen molar-refractivity contribution in [2.45, 2.75) is 18.9 Å². The molecule has 3 N–H and O–H groups in total. The molecule has 4 nitrogen and oxygen atoms in total. The number of fused-ring (bicyclic) bond motifs is 1. The van der Waals surface area contributed by atoms with E-state index >= 15 is 0 Å². The molecule has 1 saturated heterocycles. The number of carbonyl (C=O) groups is 1. The molecule has 0 spiro atoms. The number of nitrogens with one attached hydrogen (secondary N) is 1. The molecule has 1 saturated carbocycles. The number of nitrogens with two attached hydrogens (primary N) is 1. The smallest absolute Gasteiger partial charge is 0.270 e. The molecule has 2 heterocycles. The monoisotopic (exact) mass is 219 g/mol. The van der Waals surface area contributed by atoms with Gasteiger partial charge in [-0.3, -0.25) is 4.79 Å². The normalized spacial score (nSPS) is 33.1. The van der Waals surface area contributed by atoms with E-state index in [1.54, 1.807) is 6.20 Å². The Morgan fingerprint density at radius 2 is 2.31 bits per heavy atom. The highest BCUT2D eigenvalue weighted by Crippen LogP contribution is 2.37. The number of hydrogen-bond donors (Lipinski definition) is 2. The van der Waals surface area contributed by atoms with Crippen molar-refractivity contribution in [2.75, 3.05) is 13.1 Å². The van der Waals surface area contributed by atoms with E-state index in [1.165, 1.54) is 6.42 Å². The number of carbonyl (C=O) groups excluding carboxylic acids is 1. The van der Waals surface area contributed by atoms with Crippen LogP contribution < -0.4 is 5.73 Å². The van der Waals surface area contributed by atoms with Gasteiger partial charge in [-0.15, -0.1) is 0 Å². The van der Waals surface area contributed by atoms with E-state index in [0.29, 0.717) is 23.6 Å². The highest BCUT2D eigenvalue weighted by Gasteiger charge is 2.42. The van der Waals surface area contributed by atoms with Crippen LogP contribution >= 0.6 is 0 Å². The lowest BCUT2D eigenvalue weighted by Gasteiger charge is -2.17. The van der Waals surface area contributed by atoms with E-state index in [0.717, 1.165) is 19.5 Å². The molecule has 3 rings (SSSR count). The van der Waals surface area contributed by atoms with Gasteiger partial charge in [0.05, 0.1) is 0 Å². The Balaban J connectivity index is 1.73. The zero-order valence-corrected chi connectivity index (χ0v) is 9.23. The van der Waals surface area contributed by atoms with Gasteiger partial charge in [-0.05, 0) is 36.8 Å². The van der Waals surface area contributed by atoms with Gasteiger partial charge in [-0.1, -0.05) is 0 Å². The maximum atomic E-state index is 12.1. The lowest BCUT2D eigenvalue weighted by molar-refractivity contribution is 0.0774. The Morgan fingerprint density at radius 3 is 3.00 bits per heavy atom. The number of nitrogens with zero attached hydrogens (tertiary/aromatic N) is 1. The van der Waals surface area contributed by atoms with Crippen molar-refractivity contribution < 1.29 is 4.79 Å². The third-order valence-electron chi connectivity index (χ3n) is 4.03. The van der Waals surface area contributed by atoms with Crippen LogP contribution in [0, 0.1) is 11.8 Å². The van der Waals surface area contributed by atoms with Crippen LogP contribution in [0.1, 0.15) is 23.3 Å². The Hall–Kier alpha value is -1.29. The van der Waals surface area contributed by atoms with Gasteiger partial charge in [0.25, 0.3) is 5.91 Å². The first kappa shape index (κ1) is 9.90. The Kier molecular flexibility index (Phi) is 2.24. The van der Waals surface area contributed by atoms with Crippen molar-refractivity contribution >= 4 is 5.91 Å². The molecule has 1 aliphatic heterocycles. The van der Waals surface area contributed by atoms with Crippen LogP contribution in [0.5, 0.6) is 0 Å². The predicted octanol–water partition coefficient (Wildman–Crippen LogP) is 0.824. The van der Waals surface area contributed by atoms with Gasteiger partial charge >= 0.3 is 0 Å². The fourth-order valence-electron chi connectivity index (χ4n) is 3.11. The molecular weight excluding hydrogens is 202 g/mol. The Morgan fingerprint density at radius 1 is 1.44 bits per heavy atom. The van der Waals surface area contributed by atoms with Gasteiger partial charge in [0.15, 0.2) is 0 Å². The Bertz CT molecular complexity index is 387. The van der Waals surface area contributed by atoms with Gasteiger partial charge in [-0.2, -0.15) is 0 Å². The summed E-state index contributed by atoms with van der Waals surface area (Å²) in [7, 11) is 0. The molecule has 1 aromatic heterocycles. The summed E-state index contributed by atoms with van der Waals surface area (Å²) < 4.78 is 0. The molecule has 1 aliphatic carbocycles. The van der Waals surface area contributed by atoms with Gasteiger partial charge < -0.3 is 15.6 Å². The van der Waals surface area contributed by atoms with Gasteiger partial charge in [0.1, 0.15) is 5.69 Å². The molecule has 3 unspecified atom stereocenters. The first-order chi connectivity index (χ1) is 7.75. The molecule has 1 amide bonds. The summed E-state index contributed by atoms with van der Waals surface area (Å²) in [6.07, 6.45) is 4.09. The molecule has 16 heavy (non-hydrogen) atoms. The molecule has 2 aliphatic rings. The van der Waals surface area contributed by atoms with E-state index in [4.69, 9.17) is 5.73 Å². The topological polar surface area (TPSA) is 62.1 Å². The minimum atomic E-state index is 0.117. The molecular formula is C12H17N3O. The average molecular weight is 219 g/mol. The second-order valence-electron chi connectivity index (χ2n) is 4.96. The summed E-state index contributed by atoms with van der Waals surface area (Å²) in [6, 6.07) is 3.98. The number of H-pyrrole nitrogens is 1. The average Bonchev–Trinajstić information content (AvgIpc) is 2.96. The van der Waals surface area contributed by atoms with E-state index in [-0.39, 0.29) is 5.91 Å². The predicted molar refractivity (Wildman–Crippen MR) is 60.9 cm³/mol. The van der Waals surface area contributed by atoms with E-state index in [2.05, 4.69) is 4.98 Å². The number of aromatic nitrogens is 1. The summed E-state index contributed by atoms with van der Waals surface area (Å²) in [6.45, 7) is 1.72. The van der Waals surface area contributed by atoms with Crippen LogP contribution in [0.4, 0.5) is 0 Å². The maximum Gasteiger partial charge on any atom is 0.270 e. The fourth-order valence-corrected chi connectivity index (χ4v) is 3.11. The number of rotatable bonds is 1. The zero-order chi connectivity index (χ0) is 11.1. The van der Waals surface area contributed by atoms with Crippen molar-refractivity contribution in [3.05, 3.63) is 24.0 Å². The number of aromatic amines is 1. The lowest BCUT2D eigenvalue weighted by atomic mass is 9.98. The largest absolute Gasteiger partial charge is 0.357 e. The van der Waals surface area contributed by atoms with Crippen molar-refractivity contribution in [1.82, 2.24) is 9.88 Å². The highest BCUT2D eigenvalue weighted by molar-refractivity contribution is 5.92. The highest BCUT2D eigenvalue weighted by atomic mass is 16.2. The van der Waals surface area contributed by atoms with E-state index < -0.39 is 0 Å². The van der Waals surface area contributed by atoms with Gasteiger partial charge in [0, 0.05) is 25.3 Å². The van der Waals surface area contributed by atoms with Crippen molar-refractivity contribution in [3.8, 4) is 0 Å². The third-order valence-corrected chi connectivity index (χ3v) is 4.03. The van der Waals surface area contributed by atoms with Crippen molar-refractivity contribution in [3.63, 3.8) is 0 Å². The molecule has 3 atom stereocenters. The van der Waals surface area contributed by atoms with Crippen LogP contribution in [-0.4, -0.2) is 34.9 Å². The molecule has 1 aromatic rings. The van der Waals surface area contributed by atoms with Crippen molar-refractivity contribution in [2.24, 2.45) is 17.6 Å². The molecule has 4 heteroatoms. The number of amides is 1. The third kappa shape index (κ3) is 1.45. The summed E-state index contributed by atoms with van der Waals surface area (Å²) in [5.41, 5.74) is 6.74. The number of hydrogen-bond acceptors (Lipinski definition) is 2. The second kappa shape index (κ2) is 3.63. The Labute approximate surface area is 94.8 Å². The van der Waals surface area contributed by atoms with Gasteiger partial charge in [-0.25, -0.2) is 0 Å². The SMILES string of the molecule is NC1CCC2CN(C(=O)c3ccc[nH]3)CC12. The van der Waals surface area contributed by atoms with Crippen molar-refractivity contribution in [1.29, 1.82) is 0 Å². The minimum absolute atomic E-state index is 0.117. The summed E-state index contributed by atoms with van der Waals surface area (Å²) in [5, 5.41) is 0. The maximum absolute atomic E-state index is 12.1. The fraction of sp³-hybridized carbons (Fsp3) is 0.583.